The summed E-state index contributed by atoms with van der Waals surface area (Å²) in [6, 6.07) is 16.6. The Morgan fingerprint density at radius 2 is 1.15 bits per heavy atom. The fraction of sp³-hybridized carbons (Fsp3) is 0.444. The first-order valence-electron chi connectivity index (χ1n) is 20.7. The molecule has 2 fully saturated rings. The molecule has 6 atom stereocenters. The molecule has 4 amide bonds. The van der Waals surface area contributed by atoms with E-state index in [2.05, 4.69) is 70.8 Å². The number of likely N-dealkylation sites (tertiary alicyclic amines) is 2. The summed E-state index contributed by atoms with van der Waals surface area (Å²) < 4.78 is 9.57. The molecule has 7 rings (SSSR count). The van der Waals surface area contributed by atoms with Crippen LogP contribution in [0, 0.1) is 23.7 Å². The van der Waals surface area contributed by atoms with Crippen LogP contribution in [0.15, 0.2) is 67.0 Å². The summed E-state index contributed by atoms with van der Waals surface area (Å²) in [5, 5.41) is 5.42. The number of H-pyrrole nitrogens is 2. The lowest BCUT2D eigenvalue weighted by Crippen LogP contribution is -2.51. The molecule has 2 aliphatic heterocycles. The van der Waals surface area contributed by atoms with Crippen LogP contribution in [0.25, 0.3) is 44.7 Å². The van der Waals surface area contributed by atoms with Crippen LogP contribution in [-0.4, -0.2) is 98.1 Å². The van der Waals surface area contributed by atoms with E-state index in [1.165, 1.54) is 14.2 Å². The minimum absolute atomic E-state index is 0.116. The highest BCUT2D eigenvalue weighted by Gasteiger charge is 2.41. The number of nitrogens with zero attached hydrogens (tertiary/aromatic N) is 5. The molecule has 5 heterocycles. The summed E-state index contributed by atoms with van der Waals surface area (Å²) in [7, 11) is 2.58. The van der Waals surface area contributed by atoms with Crippen LogP contribution < -0.4 is 10.6 Å². The van der Waals surface area contributed by atoms with Gasteiger partial charge in [0.1, 0.15) is 29.2 Å². The average Bonchev–Trinajstić information content (AvgIpc) is 4.06. The third-order valence-electron chi connectivity index (χ3n) is 11.7. The molecule has 2 aromatic carbocycles. The van der Waals surface area contributed by atoms with E-state index >= 15 is 0 Å². The number of imidazole rings is 2. The summed E-state index contributed by atoms with van der Waals surface area (Å²) in [6.07, 6.45) is 3.95. The molecule has 15 nitrogen and oxygen atoms in total. The van der Waals surface area contributed by atoms with E-state index in [1.807, 2.05) is 68.1 Å². The lowest BCUT2D eigenvalue weighted by molar-refractivity contribution is -0.136. The minimum Gasteiger partial charge on any atom is -0.453 e. The normalized spacial score (nSPS) is 20.1. The van der Waals surface area contributed by atoms with Crippen LogP contribution in [0.4, 0.5) is 9.59 Å². The molecule has 0 spiro atoms. The number of alkyl carbamates (subject to hydrolysis) is 2. The van der Waals surface area contributed by atoms with Crippen molar-refractivity contribution >= 4 is 35.2 Å². The number of aromatic amines is 2. The van der Waals surface area contributed by atoms with Crippen molar-refractivity contribution in [2.75, 3.05) is 27.3 Å². The van der Waals surface area contributed by atoms with Crippen LogP contribution in [0.5, 0.6) is 0 Å². The van der Waals surface area contributed by atoms with Crippen molar-refractivity contribution in [3.05, 3.63) is 78.6 Å². The number of ether oxygens (including phenoxy) is 2. The van der Waals surface area contributed by atoms with Crippen molar-refractivity contribution in [1.82, 2.24) is 45.4 Å². The Morgan fingerprint density at radius 1 is 0.683 bits per heavy atom. The zero-order valence-corrected chi connectivity index (χ0v) is 35.5. The maximum Gasteiger partial charge on any atom is 0.407 e. The number of amides is 4. The van der Waals surface area contributed by atoms with Crippen molar-refractivity contribution in [2.24, 2.45) is 23.7 Å². The standard InChI is InChI=1S/C45H55N9O6/c1-24(2)37(50-44(57)59-7)42(55)53-22-26(5)17-35(53)40-47-21-34(49-40)31-15-13-29(14-16-31)28-9-11-30(12-10-28)32-19-33-39(46-20-32)52-41(48-33)36-18-27(6)23-54(36)43(56)38(25(3)4)51-45(58)60-8/h9-16,19-21,24-27,35-38H,17-18,22-23H2,1-8H3,(H,47,49)(H,50,57)(H,51,58)(H,46,48,52)/t26-,27+,35+,36+,37+,38+/m1/s1. The number of nitrogens with one attached hydrogen (secondary N) is 4. The number of hydrogen-bond acceptors (Lipinski definition) is 9. The largest absolute Gasteiger partial charge is 0.453 e. The van der Waals surface area contributed by atoms with Gasteiger partial charge in [-0.2, -0.15) is 0 Å². The van der Waals surface area contributed by atoms with E-state index in [9.17, 15) is 19.2 Å². The number of hydrogen-bond donors (Lipinski definition) is 4. The summed E-state index contributed by atoms with van der Waals surface area (Å²) in [5.74, 6) is 1.38. The zero-order valence-electron chi connectivity index (χ0n) is 35.5. The van der Waals surface area contributed by atoms with E-state index < -0.39 is 24.3 Å². The number of carbonyl (C=O) groups excluding carboxylic acids is 4. The maximum absolute atomic E-state index is 13.8. The number of fused-ring (bicyclic) bond motifs is 1. The smallest absolute Gasteiger partial charge is 0.407 e. The topological polar surface area (TPSA) is 188 Å². The predicted octanol–water partition coefficient (Wildman–Crippen LogP) is 7.26. The molecule has 60 heavy (non-hydrogen) atoms. The monoisotopic (exact) mass is 817 g/mol. The summed E-state index contributed by atoms with van der Waals surface area (Å²) >= 11 is 0. The first-order valence-corrected chi connectivity index (χ1v) is 20.7. The van der Waals surface area contributed by atoms with Crippen molar-refractivity contribution in [2.45, 2.75) is 78.6 Å². The van der Waals surface area contributed by atoms with Crippen LogP contribution in [0.2, 0.25) is 0 Å². The van der Waals surface area contributed by atoms with Gasteiger partial charge in [0.15, 0.2) is 5.65 Å². The highest BCUT2D eigenvalue weighted by Crippen LogP contribution is 2.38. The van der Waals surface area contributed by atoms with Crippen molar-refractivity contribution in [3.8, 4) is 33.5 Å². The van der Waals surface area contributed by atoms with Crippen LogP contribution >= 0.6 is 0 Å². The lowest BCUT2D eigenvalue weighted by Gasteiger charge is -2.30. The number of rotatable bonds is 11. The Labute approximate surface area is 350 Å². The van der Waals surface area contributed by atoms with E-state index in [0.29, 0.717) is 30.1 Å². The van der Waals surface area contributed by atoms with Gasteiger partial charge in [0.05, 0.1) is 32.0 Å². The van der Waals surface area contributed by atoms with Gasteiger partial charge in [0.2, 0.25) is 11.8 Å². The van der Waals surface area contributed by atoms with E-state index in [4.69, 9.17) is 24.4 Å². The maximum atomic E-state index is 13.8. The molecule has 0 saturated carbocycles. The Morgan fingerprint density at radius 3 is 1.63 bits per heavy atom. The Balaban J connectivity index is 1.03. The molecular weight excluding hydrogens is 763 g/mol. The molecule has 5 aromatic rings. The highest BCUT2D eigenvalue weighted by molar-refractivity contribution is 5.87. The second kappa shape index (κ2) is 17.5. The lowest BCUT2D eigenvalue weighted by atomic mass is 10.00. The van der Waals surface area contributed by atoms with Gasteiger partial charge in [-0.15, -0.1) is 0 Å². The second-order valence-corrected chi connectivity index (χ2v) is 16.9. The van der Waals surface area contributed by atoms with Gasteiger partial charge in [-0.3, -0.25) is 9.59 Å². The molecule has 0 unspecified atom stereocenters. The molecule has 316 valence electrons. The van der Waals surface area contributed by atoms with Crippen LogP contribution in [-0.2, 0) is 19.1 Å². The third kappa shape index (κ3) is 8.70. The Kier molecular flexibility index (Phi) is 12.2. The van der Waals surface area contributed by atoms with Gasteiger partial charge in [-0.05, 0) is 59.3 Å². The molecule has 15 heteroatoms. The fourth-order valence-electron chi connectivity index (χ4n) is 8.43. The number of aromatic nitrogens is 5. The number of methoxy groups -OCH3 is 2. The summed E-state index contributed by atoms with van der Waals surface area (Å²) in [6.45, 7) is 13.0. The number of pyridine rings is 1. The Hall–Kier alpha value is -6.25. The molecule has 4 N–H and O–H groups in total. The molecule has 2 aliphatic rings. The van der Waals surface area contributed by atoms with Gasteiger partial charge < -0.3 is 39.9 Å². The zero-order chi connectivity index (χ0) is 42.8. The fourth-order valence-corrected chi connectivity index (χ4v) is 8.43. The molecule has 0 aliphatic carbocycles. The number of carbonyl (C=O) groups is 4. The van der Waals surface area contributed by atoms with Crippen LogP contribution in [0.1, 0.15) is 78.1 Å². The Bertz CT molecular complexity index is 2340. The van der Waals surface area contributed by atoms with Crippen LogP contribution in [0.3, 0.4) is 0 Å². The van der Waals surface area contributed by atoms with Crippen molar-refractivity contribution in [3.63, 3.8) is 0 Å². The van der Waals surface area contributed by atoms with Crippen molar-refractivity contribution in [1.29, 1.82) is 0 Å². The van der Waals surface area contributed by atoms with Gasteiger partial charge in [-0.25, -0.2) is 24.5 Å². The molecule has 0 bridgehead atoms. The van der Waals surface area contributed by atoms with Gasteiger partial charge in [-0.1, -0.05) is 90.1 Å². The first-order chi connectivity index (χ1) is 28.7. The summed E-state index contributed by atoms with van der Waals surface area (Å²) in [4.78, 5) is 76.4. The molecule has 3 aromatic heterocycles. The van der Waals surface area contributed by atoms with E-state index in [1.54, 1.807) is 0 Å². The third-order valence-corrected chi connectivity index (χ3v) is 11.7. The predicted molar refractivity (Wildman–Crippen MR) is 227 cm³/mol. The molecule has 0 radical (unpaired) electrons. The quantitative estimate of drug-likeness (QED) is 0.106. The summed E-state index contributed by atoms with van der Waals surface area (Å²) in [5.41, 5.74) is 7.11. The molecular formula is C45H55N9O6. The second-order valence-electron chi connectivity index (χ2n) is 16.9. The average molecular weight is 818 g/mol. The van der Waals surface area contributed by atoms with Gasteiger partial charge >= 0.3 is 12.2 Å². The van der Waals surface area contributed by atoms with Gasteiger partial charge in [0, 0.05) is 36.6 Å². The molecule has 2 saturated heterocycles. The highest BCUT2D eigenvalue weighted by atomic mass is 16.5. The van der Waals surface area contributed by atoms with Crippen molar-refractivity contribution < 1.29 is 28.7 Å². The SMILES string of the molecule is COC(=O)N[C@H](C(=O)N1C[C@H](C)C[C@H]1c1nc(-c2ccc(-c3ccc(-c4cnc5[nH]c([C@@H]6C[C@H](C)CN6C(=O)[C@@H](NC(=O)OC)C(C)C)nc5c4)cc3)cc2)c[nH]1)C(C)C. The first kappa shape index (κ1) is 41.9. The van der Waals surface area contributed by atoms with Gasteiger partial charge in [0.25, 0.3) is 0 Å². The van der Waals surface area contributed by atoms with E-state index in [-0.39, 0.29) is 47.6 Å². The van der Waals surface area contributed by atoms with E-state index in [0.717, 1.165) is 52.2 Å². The number of benzene rings is 2. The minimum atomic E-state index is -0.717.